The van der Waals surface area contributed by atoms with Crippen LogP contribution < -0.4 is 20.1 Å². The summed E-state index contributed by atoms with van der Waals surface area (Å²) in [7, 11) is 1.58. The highest BCUT2D eigenvalue weighted by atomic mass is 16.5. The maximum absolute atomic E-state index is 12.7. The van der Waals surface area contributed by atoms with E-state index in [-0.39, 0.29) is 11.3 Å². The third-order valence-corrected chi connectivity index (χ3v) is 4.23. The molecule has 0 radical (unpaired) electrons. The Hall–Kier alpha value is -2.69. The second-order valence-electron chi connectivity index (χ2n) is 7.11. The number of carbonyl (C=O) groups excluding carboxylic acids is 1. The van der Waals surface area contributed by atoms with Crippen molar-refractivity contribution < 1.29 is 14.3 Å². The summed E-state index contributed by atoms with van der Waals surface area (Å²) in [5, 5.41) is 6.17. The molecule has 0 bridgehead atoms. The molecule has 5 nitrogen and oxygen atoms in total. The average Bonchev–Trinajstić information content (AvgIpc) is 2.60. The van der Waals surface area contributed by atoms with E-state index in [4.69, 9.17) is 9.47 Å². The molecule has 0 saturated heterocycles. The minimum absolute atomic E-state index is 0.00881. The fraction of sp³-hybridized carbons (Fsp3) is 0.350. The molecule has 1 aliphatic rings. The van der Waals surface area contributed by atoms with E-state index in [0.717, 1.165) is 23.5 Å². The number of nitrogens with one attached hydrogen (secondary N) is 2. The zero-order valence-electron chi connectivity index (χ0n) is 15.1. The zero-order valence-corrected chi connectivity index (χ0v) is 15.1. The fourth-order valence-electron chi connectivity index (χ4n) is 2.76. The van der Waals surface area contributed by atoms with Gasteiger partial charge in [-0.2, -0.15) is 0 Å². The van der Waals surface area contributed by atoms with Crippen molar-refractivity contribution in [3.8, 4) is 11.5 Å². The predicted molar refractivity (Wildman–Crippen MR) is 100 cm³/mol. The van der Waals surface area contributed by atoms with E-state index in [9.17, 15) is 4.79 Å². The van der Waals surface area contributed by atoms with Crippen molar-refractivity contribution >= 4 is 17.3 Å². The number of benzene rings is 2. The van der Waals surface area contributed by atoms with Crippen LogP contribution in [0, 0.1) is 0 Å². The molecule has 3 rings (SSSR count). The van der Waals surface area contributed by atoms with E-state index < -0.39 is 0 Å². The molecule has 0 aliphatic carbocycles. The van der Waals surface area contributed by atoms with Crippen LogP contribution in [0.15, 0.2) is 36.4 Å². The Labute approximate surface area is 148 Å². The van der Waals surface area contributed by atoms with Crippen LogP contribution in [0.25, 0.3) is 0 Å². The van der Waals surface area contributed by atoms with Crippen molar-refractivity contribution in [1.29, 1.82) is 0 Å². The van der Waals surface area contributed by atoms with Crippen LogP contribution in [-0.2, 0) is 5.41 Å². The lowest BCUT2D eigenvalue weighted by molar-refractivity contribution is 0.102. The van der Waals surface area contributed by atoms with Crippen LogP contribution in [0.3, 0.4) is 0 Å². The number of carbonyl (C=O) groups is 1. The maximum atomic E-state index is 12.7. The average molecular weight is 340 g/mol. The highest BCUT2D eigenvalue weighted by molar-refractivity contribution is 6.06. The molecule has 2 N–H and O–H groups in total. The summed E-state index contributed by atoms with van der Waals surface area (Å²) in [6.07, 6.45) is 0. The van der Waals surface area contributed by atoms with Gasteiger partial charge in [-0.1, -0.05) is 26.8 Å². The summed E-state index contributed by atoms with van der Waals surface area (Å²) in [5.41, 5.74) is 3.25. The lowest BCUT2D eigenvalue weighted by atomic mass is 9.86. The zero-order chi connectivity index (χ0) is 18.0. The largest absolute Gasteiger partial charge is 0.496 e. The predicted octanol–water partition coefficient (Wildman–Crippen LogP) is 4.05. The van der Waals surface area contributed by atoms with E-state index in [0.29, 0.717) is 23.6 Å². The first-order valence-corrected chi connectivity index (χ1v) is 8.39. The summed E-state index contributed by atoms with van der Waals surface area (Å²) in [6.45, 7) is 7.79. The van der Waals surface area contributed by atoms with Gasteiger partial charge in [0, 0.05) is 18.3 Å². The monoisotopic (exact) mass is 340 g/mol. The Kier molecular flexibility index (Phi) is 4.57. The topological polar surface area (TPSA) is 59.6 Å². The molecule has 1 heterocycles. The number of methoxy groups -OCH3 is 1. The second kappa shape index (κ2) is 6.67. The minimum atomic E-state index is -0.207. The van der Waals surface area contributed by atoms with Gasteiger partial charge in [0.1, 0.15) is 18.1 Å². The van der Waals surface area contributed by atoms with Gasteiger partial charge in [-0.15, -0.1) is 0 Å². The molecule has 2 aromatic rings. The summed E-state index contributed by atoms with van der Waals surface area (Å²) in [4.78, 5) is 12.7. The van der Waals surface area contributed by atoms with Crippen molar-refractivity contribution in [2.75, 3.05) is 30.9 Å². The molecule has 0 atom stereocenters. The first kappa shape index (κ1) is 17.1. The van der Waals surface area contributed by atoms with Gasteiger partial charge < -0.3 is 20.1 Å². The van der Waals surface area contributed by atoms with Crippen LogP contribution in [0.2, 0.25) is 0 Å². The van der Waals surface area contributed by atoms with E-state index in [1.807, 2.05) is 36.4 Å². The highest BCUT2D eigenvalue weighted by Crippen LogP contribution is 2.32. The maximum Gasteiger partial charge on any atom is 0.259 e. The molecule has 0 unspecified atom stereocenters. The molecular formula is C20H24N2O3. The summed E-state index contributed by atoms with van der Waals surface area (Å²) >= 11 is 0. The number of amides is 1. The molecule has 2 aromatic carbocycles. The number of hydrogen-bond acceptors (Lipinski definition) is 4. The van der Waals surface area contributed by atoms with Crippen LogP contribution in [0.5, 0.6) is 11.5 Å². The molecule has 25 heavy (non-hydrogen) atoms. The summed E-state index contributed by atoms with van der Waals surface area (Å²) in [6, 6.07) is 11.3. The SMILES string of the molecule is COc1cc(C(C)(C)C)ccc1C(=O)Nc1ccc2c(c1)OCCN2. The van der Waals surface area contributed by atoms with Gasteiger partial charge in [0.15, 0.2) is 0 Å². The van der Waals surface area contributed by atoms with Gasteiger partial charge in [-0.05, 0) is 35.2 Å². The van der Waals surface area contributed by atoms with Crippen molar-refractivity contribution in [3.63, 3.8) is 0 Å². The van der Waals surface area contributed by atoms with E-state index in [1.54, 1.807) is 7.11 Å². The fourth-order valence-corrected chi connectivity index (χ4v) is 2.76. The molecule has 0 spiro atoms. The van der Waals surface area contributed by atoms with E-state index >= 15 is 0 Å². The molecule has 5 heteroatoms. The molecule has 0 saturated carbocycles. The number of hydrogen-bond donors (Lipinski definition) is 2. The van der Waals surface area contributed by atoms with E-state index in [1.165, 1.54) is 0 Å². The Bertz CT molecular complexity index is 794. The lowest BCUT2D eigenvalue weighted by Gasteiger charge is -2.21. The lowest BCUT2D eigenvalue weighted by Crippen LogP contribution is -2.19. The van der Waals surface area contributed by atoms with Crippen molar-refractivity contribution in [2.45, 2.75) is 26.2 Å². The van der Waals surface area contributed by atoms with Gasteiger partial charge in [-0.25, -0.2) is 0 Å². The van der Waals surface area contributed by atoms with Crippen molar-refractivity contribution in [1.82, 2.24) is 0 Å². The van der Waals surface area contributed by atoms with Gasteiger partial charge >= 0.3 is 0 Å². The van der Waals surface area contributed by atoms with Crippen LogP contribution in [0.4, 0.5) is 11.4 Å². The molecule has 1 aliphatic heterocycles. The molecule has 132 valence electrons. The smallest absolute Gasteiger partial charge is 0.259 e. The van der Waals surface area contributed by atoms with Crippen LogP contribution in [-0.4, -0.2) is 26.2 Å². The van der Waals surface area contributed by atoms with Crippen molar-refractivity contribution in [2.24, 2.45) is 0 Å². The van der Waals surface area contributed by atoms with Gasteiger partial charge in [0.2, 0.25) is 0 Å². The number of rotatable bonds is 3. The Morgan fingerprint density at radius 2 is 2.00 bits per heavy atom. The Balaban J connectivity index is 1.83. The molecule has 0 fully saturated rings. The van der Waals surface area contributed by atoms with Crippen LogP contribution in [0.1, 0.15) is 36.7 Å². The minimum Gasteiger partial charge on any atom is -0.496 e. The second-order valence-corrected chi connectivity index (χ2v) is 7.11. The van der Waals surface area contributed by atoms with Gasteiger partial charge in [-0.3, -0.25) is 4.79 Å². The summed E-state index contributed by atoms with van der Waals surface area (Å²) < 4.78 is 11.0. The first-order valence-electron chi connectivity index (χ1n) is 8.39. The quantitative estimate of drug-likeness (QED) is 0.885. The highest BCUT2D eigenvalue weighted by Gasteiger charge is 2.19. The Morgan fingerprint density at radius 1 is 1.20 bits per heavy atom. The third kappa shape index (κ3) is 3.71. The normalized spacial score (nSPS) is 13.3. The Morgan fingerprint density at radius 3 is 2.72 bits per heavy atom. The van der Waals surface area contributed by atoms with Gasteiger partial charge in [0.05, 0.1) is 18.4 Å². The number of ether oxygens (including phenoxy) is 2. The first-order chi connectivity index (χ1) is 11.9. The van der Waals surface area contributed by atoms with E-state index in [2.05, 4.69) is 31.4 Å². The molecule has 0 aromatic heterocycles. The van der Waals surface area contributed by atoms with Crippen molar-refractivity contribution in [3.05, 3.63) is 47.5 Å². The number of anilines is 2. The molecular weight excluding hydrogens is 316 g/mol. The number of fused-ring (bicyclic) bond motifs is 1. The standard InChI is InChI=1S/C20H24N2O3/c1-20(2,3)13-5-7-15(17(11-13)24-4)19(23)22-14-6-8-16-18(12-14)25-10-9-21-16/h5-8,11-12,21H,9-10H2,1-4H3,(H,22,23). The third-order valence-electron chi connectivity index (χ3n) is 4.23. The van der Waals surface area contributed by atoms with Gasteiger partial charge in [0.25, 0.3) is 5.91 Å². The van der Waals surface area contributed by atoms with Crippen LogP contribution >= 0.6 is 0 Å². The molecule has 1 amide bonds. The summed E-state index contributed by atoms with van der Waals surface area (Å²) in [5.74, 6) is 1.11.